The van der Waals surface area contributed by atoms with Gasteiger partial charge in [-0.1, -0.05) is 0 Å². The zero-order valence-electron chi connectivity index (χ0n) is 15.3. The molecule has 150 valence electrons. The van der Waals surface area contributed by atoms with Crippen LogP contribution in [-0.2, 0) is 4.74 Å². The van der Waals surface area contributed by atoms with Crippen LogP contribution >= 0.6 is 0 Å². The van der Waals surface area contributed by atoms with Crippen LogP contribution in [0.15, 0.2) is 6.20 Å². The Balaban J connectivity index is 2.06. The molecule has 0 bridgehead atoms. The molecular weight excluding hydrogens is 366 g/mol. The highest BCUT2D eigenvalue weighted by molar-refractivity contribution is 5.89. The predicted octanol–water partition coefficient (Wildman–Crippen LogP) is 1.88. The zero-order chi connectivity index (χ0) is 20.2. The Labute approximate surface area is 154 Å². The van der Waals surface area contributed by atoms with Crippen LogP contribution in [-0.4, -0.2) is 76.8 Å². The minimum absolute atomic E-state index is 0.146. The van der Waals surface area contributed by atoms with Crippen LogP contribution in [0.3, 0.4) is 0 Å². The van der Waals surface area contributed by atoms with Crippen molar-refractivity contribution >= 4 is 18.0 Å². The van der Waals surface area contributed by atoms with E-state index in [4.69, 9.17) is 14.6 Å². The van der Waals surface area contributed by atoms with Gasteiger partial charge in [-0.25, -0.2) is 23.4 Å². The molecule has 0 atom stereocenters. The number of amides is 1. The summed E-state index contributed by atoms with van der Waals surface area (Å²) in [5.74, 6) is -1.64. The Morgan fingerprint density at radius 1 is 1.26 bits per heavy atom. The molecule has 1 aliphatic heterocycles. The molecular formula is C16H22F2N4O5. The van der Waals surface area contributed by atoms with Crippen LogP contribution in [0.25, 0.3) is 0 Å². The molecule has 2 heterocycles. The van der Waals surface area contributed by atoms with Crippen molar-refractivity contribution in [2.75, 3.05) is 37.7 Å². The van der Waals surface area contributed by atoms with Gasteiger partial charge in [0, 0.05) is 26.2 Å². The highest BCUT2D eigenvalue weighted by Crippen LogP contribution is 2.21. The molecule has 1 aliphatic rings. The van der Waals surface area contributed by atoms with Gasteiger partial charge in [0.1, 0.15) is 11.2 Å². The summed E-state index contributed by atoms with van der Waals surface area (Å²) in [5, 5.41) is 9.10. The van der Waals surface area contributed by atoms with Crippen LogP contribution in [0, 0.1) is 0 Å². The fraction of sp³-hybridized carbons (Fsp3) is 0.625. The first-order valence-electron chi connectivity index (χ1n) is 8.31. The molecule has 2 rings (SSSR count). The molecule has 1 fully saturated rings. The van der Waals surface area contributed by atoms with Gasteiger partial charge in [-0.05, 0) is 20.8 Å². The Bertz CT molecular complexity index is 688. The highest BCUT2D eigenvalue weighted by atomic mass is 19.3. The summed E-state index contributed by atoms with van der Waals surface area (Å²) in [6.07, 6.45) is -2.17. The molecule has 0 aliphatic carbocycles. The van der Waals surface area contributed by atoms with Crippen LogP contribution in [0.4, 0.5) is 19.5 Å². The molecule has 0 spiro atoms. The van der Waals surface area contributed by atoms with Crippen molar-refractivity contribution in [3.05, 3.63) is 11.8 Å². The fourth-order valence-electron chi connectivity index (χ4n) is 2.32. The normalized spacial score (nSPS) is 15.0. The third-order valence-electron chi connectivity index (χ3n) is 3.53. The summed E-state index contributed by atoms with van der Waals surface area (Å²) in [6.45, 7) is 5.82. The molecule has 0 saturated carbocycles. The molecule has 27 heavy (non-hydrogen) atoms. The standard InChI is InChI=1S/C16H22F2N4O5/c1-16(2,3)27-15(25)22-6-4-21(5-7-22)14-19-8-10(13(23)24)12(20-14)26-9-11(17)18/h8,11H,4-7,9H2,1-3H3,(H,23,24). The van der Waals surface area contributed by atoms with Gasteiger partial charge in [0.05, 0.1) is 6.20 Å². The van der Waals surface area contributed by atoms with Gasteiger partial charge in [0.25, 0.3) is 6.43 Å². The van der Waals surface area contributed by atoms with Crippen molar-refractivity contribution < 1.29 is 33.0 Å². The maximum absolute atomic E-state index is 12.4. The van der Waals surface area contributed by atoms with Crippen molar-refractivity contribution in [3.8, 4) is 5.88 Å². The summed E-state index contributed by atoms with van der Waals surface area (Å²) in [4.78, 5) is 34.4. The van der Waals surface area contributed by atoms with E-state index >= 15 is 0 Å². The first kappa shape index (κ1) is 20.6. The van der Waals surface area contributed by atoms with Crippen molar-refractivity contribution in [1.29, 1.82) is 0 Å². The van der Waals surface area contributed by atoms with E-state index in [0.29, 0.717) is 26.2 Å². The van der Waals surface area contributed by atoms with Crippen molar-refractivity contribution in [1.82, 2.24) is 14.9 Å². The molecule has 1 N–H and O–H groups in total. The Kier molecular flexibility index (Phi) is 6.34. The first-order chi connectivity index (χ1) is 12.6. The van der Waals surface area contributed by atoms with E-state index in [1.165, 1.54) is 0 Å². The summed E-state index contributed by atoms with van der Waals surface area (Å²) in [5.41, 5.74) is -0.993. The average molecular weight is 388 g/mol. The molecule has 1 saturated heterocycles. The number of hydrogen-bond acceptors (Lipinski definition) is 7. The second-order valence-corrected chi connectivity index (χ2v) is 6.85. The SMILES string of the molecule is CC(C)(C)OC(=O)N1CCN(c2ncc(C(=O)O)c(OCC(F)F)n2)CC1. The van der Waals surface area contributed by atoms with Crippen LogP contribution < -0.4 is 9.64 Å². The second-order valence-electron chi connectivity index (χ2n) is 6.85. The molecule has 0 aromatic carbocycles. The molecule has 1 amide bonds. The molecule has 11 heteroatoms. The van der Waals surface area contributed by atoms with Crippen LogP contribution in [0.5, 0.6) is 5.88 Å². The number of halogens is 2. The summed E-state index contributed by atoms with van der Waals surface area (Å²) in [6, 6.07) is 0. The third-order valence-corrected chi connectivity index (χ3v) is 3.53. The number of carbonyl (C=O) groups excluding carboxylic acids is 1. The number of aromatic carboxylic acids is 1. The summed E-state index contributed by atoms with van der Waals surface area (Å²) in [7, 11) is 0. The van der Waals surface area contributed by atoms with Crippen molar-refractivity contribution in [2.45, 2.75) is 32.8 Å². The number of alkyl halides is 2. The lowest BCUT2D eigenvalue weighted by molar-refractivity contribution is 0.0239. The van der Waals surface area contributed by atoms with Crippen molar-refractivity contribution in [2.24, 2.45) is 0 Å². The summed E-state index contributed by atoms with van der Waals surface area (Å²) < 4.78 is 34.9. The largest absolute Gasteiger partial charge is 0.477 e. The number of ether oxygens (including phenoxy) is 2. The van der Waals surface area contributed by atoms with Gasteiger partial charge in [-0.2, -0.15) is 4.98 Å². The number of nitrogens with zero attached hydrogens (tertiary/aromatic N) is 4. The van der Waals surface area contributed by atoms with Gasteiger partial charge >= 0.3 is 12.1 Å². The minimum atomic E-state index is -2.76. The van der Waals surface area contributed by atoms with Crippen LogP contribution in [0.1, 0.15) is 31.1 Å². The number of carboxylic acids is 1. The third kappa shape index (κ3) is 5.90. The van der Waals surface area contributed by atoms with E-state index < -0.39 is 42.1 Å². The number of rotatable bonds is 5. The average Bonchev–Trinajstić information content (AvgIpc) is 2.58. The molecule has 0 unspecified atom stereocenters. The lowest BCUT2D eigenvalue weighted by Crippen LogP contribution is -2.50. The highest BCUT2D eigenvalue weighted by Gasteiger charge is 2.27. The Hall–Kier alpha value is -2.72. The number of carbonyl (C=O) groups is 2. The van der Waals surface area contributed by atoms with Gasteiger partial charge in [-0.3, -0.25) is 0 Å². The van der Waals surface area contributed by atoms with Gasteiger partial charge < -0.3 is 24.4 Å². The lowest BCUT2D eigenvalue weighted by Gasteiger charge is -2.35. The quantitative estimate of drug-likeness (QED) is 0.815. The number of anilines is 1. The van der Waals surface area contributed by atoms with E-state index in [1.54, 1.807) is 30.6 Å². The monoisotopic (exact) mass is 388 g/mol. The van der Waals surface area contributed by atoms with E-state index in [1.807, 2.05) is 0 Å². The van der Waals surface area contributed by atoms with E-state index in [-0.39, 0.29) is 5.95 Å². The van der Waals surface area contributed by atoms with Gasteiger partial charge in [-0.15, -0.1) is 0 Å². The number of piperazine rings is 1. The molecule has 0 radical (unpaired) electrons. The number of aromatic nitrogens is 2. The number of carboxylic acid groups (broad SMARTS) is 1. The second kappa shape index (κ2) is 8.31. The zero-order valence-corrected chi connectivity index (χ0v) is 15.3. The van der Waals surface area contributed by atoms with Crippen molar-refractivity contribution in [3.63, 3.8) is 0 Å². The lowest BCUT2D eigenvalue weighted by atomic mass is 10.2. The van der Waals surface area contributed by atoms with Crippen LogP contribution in [0.2, 0.25) is 0 Å². The van der Waals surface area contributed by atoms with E-state index in [2.05, 4.69) is 9.97 Å². The fourth-order valence-corrected chi connectivity index (χ4v) is 2.32. The predicted molar refractivity (Wildman–Crippen MR) is 90.5 cm³/mol. The minimum Gasteiger partial charge on any atom is -0.477 e. The maximum atomic E-state index is 12.4. The molecule has 1 aromatic rings. The first-order valence-corrected chi connectivity index (χ1v) is 8.31. The maximum Gasteiger partial charge on any atom is 0.410 e. The summed E-state index contributed by atoms with van der Waals surface area (Å²) >= 11 is 0. The number of hydrogen-bond donors (Lipinski definition) is 1. The smallest absolute Gasteiger partial charge is 0.410 e. The molecule has 9 nitrogen and oxygen atoms in total. The molecule has 1 aromatic heterocycles. The Morgan fingerprint density at radius 2 is 1.89 bits per heavy atom. The van der Waals surface area contributed by atoms with Gasteiger partial charge in [0.15, 0.2) is 6.61 Å². The van der Waals surface area contributed by atoms with E-state index in [0.717, 1.165) is 6.20 Å². The van der Waals surface area contributed by atoms with E-state index in [9.17, 15) is 18.4 Å². The van der Waals surface area contributed by atoms with Gasteiger partial charge in [0.2, 0.25) is 11.8 Å². The topological polar surface area (TPSA) is 105 Å². The Morgan fingerprint density at radius 3 is 2.41 bits per heavy atom.